The minimum Gasteiger partial charge on any atom is -0.392 e. The molecule has 1 fully saturated rings. The largest absolute Gasteiger partial charge is 0.392 e. The zero-order chi connectivity index (χ0) is 10.5. The Kier molecular flexibility index (Phi) is 2.07. The summed E-state index contributed by atoms with van der Waals surface area (Å²) in [5.41, 5.74) is 2.51. The molecule has 2 nitrogen and oxygen atoms in total. The second kappa shape index (κ2) is 2.93. The molecule has 1 N–H and O–H groups in total. The number of allylic oxidation sites excluding steroid dienone is 1. The van der Waals surface area contributed by atoms with Crippen molar-refractivity contribution in [3.63, 3.8) is 0 Å². The minimum atomic E-state index is 0.0139. The summed E-state index contributed by atoms with van der Waals surface area (Å²) < 4.78 is 0. The number of rotatable bonds is 1. The number of aliphatic hydroxyl groups excluding tert-OH is 1. The third-order valence-electron chi connectivity index (χ3n) is 4.09. The van der Waals surface area contributed by atoms with Crippen LogP contribution >= 0.6 is 0 Å². The van der Waals surface area contributed by atoms with Gasteiger partial charge in [0.05, 0.1) is 6.61 Å². The van der Waals surface area contributed by atoms with Gasteiger partial charge in [-0.3, -0.25) is 4.79 Å². The van der Waals surface area contributed by atoms with Gasteiger partial charge in [-0.15, -0.1) is 0 Å². The molecule has 0 aromatic carbocycles. The lowest BCUT2D eigenvalue weighted by Crippen LogP contribution is -2.45. The van der Waals surface area contributed by atoms with Crippen LogP contribution in [0.15, 0.2) is 11.1 Å². The molecule has 2 bridgehead atoms. The van der Waals surface area contributed by atoms with Gasteiger partial charge in [0.25, 0.3) is 0 Å². The Morgan fingerprint density at radius 1 is 1.50 bits per heavy atom. The van der Waals surface area contributed by atoms with Crippen LogP contribution in [-0.4, -0.2) is 17.5 Å². The number of hydrogen-bond donors (Lipinski definition) is 1. The Morgan fingerprint density at radius 3 is 2.71 bits per heavy atom. The molecule has 0 aromatic rings. The van der Waals surface area contributed by atoms with E-state index in [1.165, 1.54) is 5.57 Å². The van der Waals surface area contributed by atoms with Gasteiger partial charge in [0.2, 0.25) is 0 Å². The molecule has 2 heteroatoms. The van der Waals surface area contributed by atoms with E-state index in [0.29, 0.717) is 18.1 Å². The van der Waals surface area contributed by atoms with Gasteiger partial charge in [-0.25, -0.2) is 0 Å². The first-order valence-corrected chi connectivity index (χ1v) is 5.30. The molecule has 0 spiro atoms. The van der Waals surface area contributed by atoms with Crippen molar-refractivity contribution in [2.45, 2.75) is 33.6 Å². The summed E-state index contributed by atoms with van der Waals surface area (Å²) in [5.74, 6) is 0.714. The average molecular weight is 194 g/mol. The fraction of sp³-hybridized carbons (Fsp3) is 0.750. The van der Waals surface area contributed by atoms with Crippen molar-refractivity contribution in [1.29, 1.82) is 0 Å². The van der Waals surface area contributed by atoms with Crippen molar-refractivity contribution in [2.75, 3.05) is 6.61 Å². The Bertz CT molecular complexity index is 312. The normalized spacial score (nSPS) is 35.3. The Morgan fingerprint density at radius 2 is 2.14 bits per heavy atom. The van der Waals surface area contributed by atoms with Gasteiger partial charge in [-0.05, 0) is 30.3 Å². The average Bonchev–Trinajstić information content (AvgIpc) is 2.09. The molecule has 1 saturated carbocycles. The van der Waals surface area contributed by atoms with E-state index in [1.54, 1.807) is 0 Å². The third kappa shape index (κ3) is 1.17. The molecule has 0 heterocycles. The monoisotopic (exact) mass is 194 g/mol. The lowest BCUT2D eigenvalue weighted by Gasteiger charge is -2.48. The van der Waals surface area contributed by atoms with Crippen LogP contribution in [0.4, 0.5) is 0 Å². The summed E-state index contributed by atoms with van der Waals surface area (Å²) in [7, 11) is 0. The van der Waals surface area contributed by atoms with Gasteiger partial charge in [0.1, 0.15) is 5.78 Å². The Balaban J connectivity index is 2.47. The van der Waals surface area contributed by atoms with Gasteiger partial charge >= 0.3 is 0 Å². The van der Waals surface area contributed by atoms with E-state index in [4.69, 9.17) is 0 Å². The molecule has 0 saturated heterocycles. The number of carbonyl (C=O) groups excluding carboxylic acids is 1. The molecule has 0 unspecified atom stereocenters. The number of aliphatic hydroxyl groups is 1. The van der Waals surface area contributed by atoms with E-state index in [9.17, 15) is 9.90 Å². The van der Waals surface area contributed by atoms with Crippen molar-refractivity contribution in [3.8, 4) is 0 Å². The smallest absolute Gasteiger partial charge is 0.140 e. The standard InChI is InChI=1S/C12H18O2/c1-7-9(6-13)8-5-12(2,3)10(7)4-11(8)14/h8,10,13H,4-6H2,1-3H3/t8-,10-/m0/s1. The van der Waals surface area contributed by atoms with Gasteiger partial charge < -0.3 is 5.11 Å². The van der Waals surface area contributed by atoms with Crippen LogP contribution in [0.3, 0.4) is 0 Å². The van der Waals surface area contributed by atoms with E-state index in [2.05, 4.69) is 20.8 Å². The van der Waals surface area contributed by atoms with Gasteiger partial charge in [0, 0.05) is 12.3 Å². The molecule has 78 valence electrons. The quantitative estimate of drug-likeness (QED) is 0.648. The summed E-state index contributed by atoms with van der Waals surface area (Å²) in [6.07, 6.45) is 1.61. The first-order chi connectivity index (χ1) is 6.47. The van der Waals surface area contributed by atoms with E-state index < -0.39 is 0 Å². The van der Waals surface area contributed by atoms with Crippen molar-refractivity contribution in [2.24, 2.45) is 17.3 Å². The Hall–Kier alpha value is -0.630. The molecular weight excluding hydrogens is 176 g/mol. The lowest BCUT2D eigenvalue weighted by atomic mass is 9.55. The molecule has 3 aliphatic carbocycles. The minimum absolute atomic E-state index is 0.0139. The molecule has 3 aliphatic rings. The molecule has 0 aromatic heterocycles. The van der Waals surface area contributed by atoms with E-state index in [0.717, 1.165) is 12.0 Å². The summed E-state index contributed by atoms with van der Waals surface area (Å²) in [4.78, 5) is 11.7. The zero-order valence-corrected chi connectivity index (χ0v) is 9.13. The summed E-state index contributed by atoms with van der Waals surface area (Å²) >= 11 is 0. The highest BCUT2D eigenvalue weighted by Crippen LogP contribution is 2.52. The highest BCUT2D eigenvalue weighted by atomic mass is 16.3. The molecule has 0 amide bonds. The molecule has 14 heavy (non-hydrogen) atoms. The molecule has 0 radical (unpaired) electrons. The van der Waals surface area contributed by atoms with Crippen molar-refractivity contribution >= 4 is 5.78 Å². The predicted octanol–water partition coefficient (Wildman–Crippen LogP) is 1.93. The second-order valence-corrected chi connectivity index (χ2v) is 5.33. The number of Topliss-reactive ketones (excluding diaryl/α,β-unsaturated/α-hetero) is 1. The van der Waals surface area contributed by atoms with Crippen LogP contribution in [0.1, 0.15) is 33.6 Å². The number of carbonyl (C=O) groups is 1. The lowest BCUT2D eigenvalue weighted by molar-refractivity contribution is -0.129. The molecule has 2 atom stereocenters. The summed E-state index contributed by atoms with van der Waals surface area (Å²) in [5, 5.41) is 9.26. The highest BCUT2D eigenvalue weighted by Gasteiger charge is 2.48. The second-order valence-electron chi connectivity index (χ2n) is 5.33. The fourth-order valence-electron chi connectivity index (χ4n) is 3.19. The van der Waals surface area contributed by atoms with Crippen molar-refractivity contribution in [3.05, 3.63) is 11.1 Å². The van der Waals surface area contributed by atoms with Crippen LogP contribution in [0.25, 0.3) is 0 Å². The van der Waals surface area contributed by atoms with Gasteiger partial charge in [-0.2, -0.15) is 0 Å². The zero-order valence-electron chi connectivity index (χ0n) is 9.13. The van der Waals surface area contributed by atoms with Crippen LogP contribution in [0.5, 0.6) is 0 Å². The highest BCUT2D eigenvalue weighted by molar-refractivity contribution is 5.87. The Labute approximate surface area is 85.0 Å². The summed E-state index contributed by atoms with van der Waals surface area (Å²) in [6, 6.07) is 0. The maximum atomic E-state index is 11.7. The summed E-state index contributed by atoms with van der Waals surface area (Å²) in [6.45, 7) is 6.61. The van der Waals surface area contributed by atoms with Gasteiger partial charge in [-0.1, -0.05) is 19.4 Å². The first-order valence-electron chi connectivity index (χ1n) is 5.30. The van der Waals surface area contributed by atoms with Crippen LogP contribution in [0.2, 0.25) is 0 Å². The van der Waals surface area contributed by atoms with E-state index in [-0.39, 0.29) is 17.9 Å². The van der Waals surface area contributed by atoms with Crippen molar-refractivity contribution < 1.29 is 9.90 Å². The van der Waals surface area contributed by atoms with Crippen LogP contribution < -0.4 is 0 Å². The fourth-order valence-corrected chi connectivity index (χ4v) is 3.19. The number of hydrogen-bond acceptors (Lipinski definition) is 2. The third-order valence-corrected chi connectivity index (χ3v) is 4.09. The predicted molar refractivity (Wildman–Crippen MR) is 54.8 cm³/mol. The molecule has 0 aliphatic heterocycles. The number of ketones is 1. The van der Waals surface area contributed by atoms with Crippen molar-refractivity contribution in [1.82, 2.24) is 0 Å². The van der Waals surface area contributed by atoms with Gasteiger partial charge in [0.15, 0.2) is 0 Å². The number of fused-ring (bicyclic) bond motifs is 2. The van der Waals surface area contributed by atoms with E-state index >= 15 is 0 Å². The van der Waals surface area contributed by atoms with Crippen LogP contribution in [-0.2, 0) is 4.79 Å². The SMILES string of the molecule is CC1=C(CO)[C@@H]2CC(C)(C)[C@H]1CC2=O. The molecule has 3 rings (SSSR count). The topological polar surface area (TPSA) is 37.3 Å². The first kappa shape index (κ1) is 9.91. The molecular formula is C12H18O2. The maximum absolute atomic E-state index is 11.7. The van der Waals surface area contributed by atoms with E-state index in [1.807, 2.05) is 0 Å². The van der Waals surface area contributed by atoms with Crippen LogP contribution in [0, 0.1) is 17.3 Å². The maximum Gasteiger partial charge on any atom is 0.140 e.